The van der Waals surface area contributed by atoms with Crippen LogP contribution in [0.3, 0.4) is 0 Å². The third-order valence-corrected chi connectivity index (χ3v) is 4.63. The molecular weight excluding hydrogens is 343 g/mol. The van der Waals surface area contributed by atoms with Crippen molar-refractivity contribution in [1.29, 1.82) is 0 Å². The topological polar surface area (TPSA) is 52.6 Å². The van der Waals surface area contributed by atoms with E-state index in [9.17, 15) is 4.79 Å². The molecule has 18 heavy (non-hydrogen) atoms. The van der Waals surface area contributed by atoms with Crippen molar-refractivity contribution in [1.82, 2.24) is 4.90 Å². The van der Waals surface area contributed by atoms with Gasteiger partial charge in [0.1, 0.15) is 0 Å². The van der Waals surface area contributed by atoms with Crippen LogP contribution >= 0.6 is 22.6 Å². The van der Waals surface area contributed by atoms with Crippen molar-refractivity contribution in [2.75, 3.05) is 25.0 Å². The monoisotopic (exact) mass is 358 g/mol. The number of fused-ring (bicyclic) bond motifs is 3. The summed E-state index contributed by atoms with van der Waals surface area (Å²) in [5.41, 5.74) is 2.46. The first-order valence-electron chi connectivity index (χ1n) is 6.16. The van der Waals surface area contributed by atoms with Gasteiger partial charge >= 0.3 is 6.09 Å². The highest BCUT2D eigenvalue weighted by atomic mass is 127. The number of amides is 1. The third kappa shape index (κ3) is 2.04. The number of nitrogens with one attached hydrogen (secondary N) is 1. The number of nitrogens with zero attached hydrogens (tertiary/aromatic N) is 1. The molecule has 1 saturated heterocycles. The Morgan fingerprint density at radius 2 is 2.28 bits per heavy atom. The van der Waals surface area contributed by atoms with Crippen molar-refractivity contribution >= 4 is 34.4 Å². The molecule has 3 rings (SSSR count). The fourth-order valence-corrected chi connectivity index (χ4v) is 3.58. The van der Waals surface area contributed by atoms with Crippen LogP contribution in [0.1, 0.15) is 17.9 Å². The van der Waals surface area contributed by atoms with Gasteiger partial charge in [-0.1, -0.05) is 0 Å². The van der Waals surface area contributed by atoms with E-state index in [2.05, 4.69) is 46.1 Å². The minimum absolute atomic E-state index is 0.348. The van der Waals surface area contributed by atoms with Crippen molar-refractivity contribution < 1.29 is 9.90 Å². The Labute approximate surface area is 120 Å². The minimum atomic E-state index is -0.789. The van der Waals surface area contributed by atoms with E-state index in [1.807, 2.05) is 0 Å². The van der Waals surface area contributed by atoms with Gasteiger partial charge in [-0.2, -0.15) is 0 Å². The van der Waals surface area contributed by atoms with Crippen molar-refractivity contribution in [3.8, 4) is 0 Å². The van der Waals surface area contributed by atoms with Crippen LogP contribution in [0.2, 0.25) is 0 Å². The van der Waals surface area contributed by atoms with Gasteiger partial charge in [0, 0.05) is 34.8 Å². The molecule has 0 bridgehead atoms. The zero-order valence-electron chi connectivity index (χ0n) is 9.90. The van der Waals surface area contributed by atoms with Crippen LogP contribution in [0.15, 0.2) is 18.2 Å². The van der Waals surface area contributed by atoms with Crippen LogP contribution < -0.4 is 5.32 Å². The first-order valence-corrected chi connectivity index (χ1v) is 7.24. The lowest BCUT2D eigenvalue weighted by Gasteiger charge is -2.17. The first kappa shape index (κ1) is 12.1. The van der Waals surface area contributed by atoms with Gasteiger partial charge in [-0.25, -0.2) is 4.79 Å². The van der Waals surface area contributed by atoms with Crippen LogP contribution in [-0.2, 0) is 0 Å². The van der Waals surface area contributed by atoms with Gasteiger partial charge in [-0.15, -0.1) is 0 Å². The Morgan fingerprint density at radius 1 is 1.44 bits per heavy atom. The number of benzene rings is 1. The quantitative estimate of drug-likeness (QED) is 0.702. The highest BCUT2D eigenvalue weighted by molar-refractivity contribution is 14.1. The van der Waals surface area contributed by atoms with Crippen molar-refractivity contribution in [2.45, 2.75) is 12.3 Å². The molecule has 0 aromatic heterocycles. The molecule has 2 N–H and O–H groups in total. The lowest BCUT2D eigenvalue weighted by atomic mass is 9.87. The summed E-state index contributed by atoms with van der Waals surface area (Å²) >= 11 is 2.31. The summed E-state index contributed by atoms with van der Waals surface area (Å²) in [6, 6.07) is 6.40. The first-order chi connectivity index (χ1) is 8.65. The van der Waals surface area contributed by atoms with Crippen molar-refractivity contribution in [3.05, 3.63) is 27.3 Å². The van der Waals surface area contributed by atoms with Crippen molar-refractivity contribution in [3.63, 3.8) is 0 Å². The van der Waals surface area contributed by atoms with Gasteiger partial charge in [-0.3, -0.25) is 0 Å². The lowest BCUT2D eigenvalue weighted by Crippen LogP contribution is -2.27. The van der Waals surface area contributed by atoms with Gasteiger partial charge in [0.15, 0.2) is 0 Å². The highest BCUT2D eigenvalue weighted by Crippen LogP contribution is 2.40. The fraction of sp³-hybridized carbons (Fsp3) is 0.462. The van der Waals surface area contributed by atoms with E-state index in [0.29, 0.717) is 24.9 Å². The highest BCUT2D eigenvalue weighted by Gasteiger charge is 2.38. The normalized spacial score (nSPS) is 25.9. The van der Waals surface area contributed by atoms with Crippen LogP contribution in [-0.4, -0.2) is 35.7 Å². The molecule has 1 amide bonds. The zero-order valence-corrected chi connectivity index (χ0v) is 12.1. The SMILES string of the molecule is O=C(O)N1C[C@H]2CCNc3ccc(I)cc3[C@@H]2C1. The van der Waals surface area contributed by atoms with E-state index in [1.165, 1.54) is 14.8 Å². The molecule has 0 saturated carbocycles. The smallest absolute Gasteiger partial charge is 0.407 e. The number of likely N-dealkylation sites (tertiary alicyclic amines) is 1. The average Bonchev–Trinajstić information content (AvgIpc) is 2.68. The second-order valence-corrected chi connectivity index (χ2v) is 6.25. The number of carbonyl (C=O) groups is 1. The van der Waals surface area contributed by atoms with Gasteiger partial charge in [-0.05, 0) is 58.7 Å². The summed E-state index contributed by atoms with van der Waals surface area (Å²) < 4.78 is 1.21. The van der Waals surface area contributed by atoms with Crippen LogP contribution in [0.4, 0.5) is 10.5 Å². The standard InChI is InChI=1S/C13H15IN2O2/c14-9-1-2-12-10(5-9)11-7-16(13(17)18)6-8(11)3-4-15-12/h1-2,5,8,11,15H,3-4,6-7H2,(H,17,18)/t8-,11-/m1/s1. The number of halogens is 1. The molecule has 0 aliphatic carbocycles. The summed E-state index contributed by atoms with van der Waals surface area (Å²) in [6.45, 7) is 2.24. The molecule has 2 aliphatic heterocycles. The Hall–Kier alpha value is -0.980. The number of hydrogen-bond acceptors (Lipinski definition) is 2. The van der Waals surface area contributed by atoms with Crippen LogP contribution in [0.5, 0.6) is 0 Å². The molecule has 2 aliphatic rings. The molecule has 0 unspecified atom stereocenters. The van der Waals surface area contributed by atoms with Gasteiger partial charge in [0.2, 0.25) is 0 Å². The maximum atomic E-state index is 11.1. The molecule has 4 nitrogen and oxygen atoms in total. The Bertz CT molecular complexity index is 492. The van der Waals surface area contributed by atoms with E-state index in [-0.39, 0.29) is 0 Å². The Morgan fingerprint density at radius 3 is 3.06 bits per heavy atom. The molecular formula is C13H15IN2O2. The van der Waals surface area contributed by atoms with Gasteiger partial charge < -0.3 is 15.3 Å². The molecule has 2 heterocycles. The molecule has 0 spiro atoms. The largest absolute Gasteiger partial charge is 0.465 e. The summed E-state index contributed by atoms with van der Waals surface area (Å²) in [5, 5.41) is 12.6. The molecule has 5 heteroatoms. The molecule has 1 aromatic carbocycles. The van der Waals surface area contributed by atoms with E-state index in [1.54, 1.807) is 4.90 Å². The maximum absolute atomic E-state index is 11.1. The van der Waals surface area contributed by atoms with Crippen molar-refractivity contribution in [2.24, 2.45) is 5.92 Å². The molecule has 1 aromatic rings. The molecule has 0 radical (unpaired) electrons. The summed E-state index contributed by atoms with van der Waals surface area (Å²) in [6.07, 6.45) is 0.253. The van der Waals surface area contributed by atoms with Crippen LogP contribution in [0.25, 0.3) is 0 Å². The van der Waals surface area contributed by atoms with E-state index in [4.69, 9.17) is 5.11 Å². The fourth-order valence-electron chi connectivity index (χ4n) is 3.07. The zero-order chi connectivity index (χ0) is 12.7. The van der Waals surface area contributed by atoms with Gasteiger partial charge in [0.25, 0.3) is 0 Å². The van der Waals surface area contributed by atoms with Crippen LogP contribution in [0, 0.1) is 9.49 Å². The molecule has 2 atom stereocenters. The van der Waals surface area contributed by atoms with E-state index in [0.717, 1.165) is 13.0 Å². The third-order valence-electron chi connectivity index (χ3n) is 3.96. The Balaban J connectivity index is 1.97. The number of rotatable bonds is 0. The van der Waals surface area contributed by atoms with E-state index < -0.39 is 6.09 Å². The minimum Gasteiger partial charge on any atom is -0.465 e. The average molecular weight is 358 g/mol. The number of anilines is 1. The summed E-state index contributed by atoms with van der Waals surface area (Å²) in [4.78, 5) is 12.7. The molecule has 1 fully saturated rings. The lowest BCUT2D eigenvalue weighted by molar-refractivity contribution is 0.153. The second kappa shape index (κ2) is 4.60. The predicted octanol–water partition coefficient (Wildman–Crippen LogP) is 2.80. The summed E-state index contributed by atoms with van der Waals surface area (Å²) in [7, 11) is 0. The second-order valence-electron chi connectivity index (χ2n) is 5.00. The van der Waals surface area contributed by atoms with E-state index >= 15 is 0 Å². The van der Waals surface area contributed by atoms with Gasteiger partial charge in [0.05, 0.1) is 0 Å². The maximum Gasteiger partial charge on any atom is 0.407 e. The summed E-state index contributed by atoms with van der Waals surface area (Å²) in [5.74, 6) is 0.800. The number of hydrogen-bond donors (Lipinski definition) is 2. The Kier molecular flexibility index (Phi) is 3.09. The molecule has 96 valence electrons. The predicted molar refractivity (Wildman–Crippen MR) is 78.1 cm³/mol. The number of carboxylic acid groups (broad SMARTS) is 1.